The molecule has 0 saturated heterocycles. The van der Waals surface area contributed by atoms with E-state index in [1.807, 2.05) is 0 Å². The summed E-state index contributed by atoms with van der Waals surface area (Å²) in [5, 5.41) is 0. The van der Waals surface area contributed by atoms with Gasteiger partial charge in [-0.15, -0.1) is 0 Å². The normalized spacial score (nSPS) is 0. The van der Waals surface area contributed by atoms with Crippen LogP contribution in [0.5, 0.6) is 0 Å². The van der Waals surface area contributed by atoms with Gasteiger partial charge in [-0.2, -0.15) is 13.5 Å². The van der Waals surface area contributed by atoms with Crippen LogP contribution in [-0.2, 0) is 16.5 Å². The Hall–Kier alpha value is 2.00. The van der Waals surface area contributed by atoms with Crippen LogP contribution in [0.25, 0.3) is 0 Å². The second-order valence-electron chi connectivity index (χ2n) is 0. The van der Waals surface area contributed by atoms with Gasteiger partial charge < -0.3 is 8.33 Å². The van der Waals surface area contributed by atoms with Crippen molar-refractivity contribution in [1.29, 1.82) is 0 Å². The molecule has 0 aromatic carbocycles. The molecule has 0 unspecified atom stereocenters. The average Bonchev–Trinajstić information content (AvgIpc) is 0. The third-order valence-corrected chi connectivity index (χ3v) is 0. The van der Waals surface area contributed by atoms with E-state index in [2.05, 4.69) is 0 Å². The molecule has 0 amide bonds. The van der Waals surface area contributed by atoms with Crippen molar-refractivity contribution < 1.29 is 62.5 Å². The van der Waals surface area contributed by atoms with Gasteiger partial charge in [0.15, 0.2) is 0 Å². The zero-order valence-electron chi connectivity index (χ0n) is 5.32. The van der Waals surface area contributed by atoms with Crippen LogP contribution in [0.2, 0.25) is 0 Å². The van der Waals surface area contributed by atoms with Crippen LogP contribution >= 0.6 is 13.5 Å². The maximum absolute atomic E-state index is 0. The Morgan fingerprint density at radius 2 is 1.00 bits per heavy atom. The summed E-state index contributed by atoms with van der Waals surface area (Å²) < 4.78 is 0. The third-order valence-electron chi connectivity index (χ3n) is 0. The van der Waals surface area contributed by atoms with E-state index >= 15 is 0 Å². The standard InChI is InChI=1S/2Li.Ni.H2O.H2S.2H/h;;;2*1H2;;/q2*+1;;;;2*-1. The van der Waals surface area contributed by atoms with Crippen molar-refractivity contribution in [2.24, 2.45) is 0 Å². The summed E-state index contributed by atoms with van der Waals surface area (Å²) in [6.45, 7) is 0. The maximum Gasteiger partial charge on any atom is 1.00 e. The molecule has 30 valence electrons. The van der Waals surface area contributed by atoms with Crippen molar-refractivity contribution >= 4 is 13.5 Å². The fourth-order valence-electron chi connectivity index (χ4n) is 0. The van der Waals surface area contributed by atoms with Crippen LogP contribution in [0.15, 0.2) is 0 Å². The quantitative estimate of drug-likeness (QED) is 0.289. The Kier molecular flexibility index (Phi) is 473. The molecule has 0 rings (SSSR count). The predicted octanol–water partition coefficient (Wildman–Crippen LogP) is -6.48. The first-order valence-corrected chi connectivity index (χ1v) is 0. The molecule has 5 heavy (non-hydrogen) atoms. The first kappa shape index (κ1) is 63.1. The van der Waals surface area contributed by atoms with E-state index in [1.54, 1.807) is 0 Å². The molecule has 0 aliphatic rings. The molecule has 0 heterocycles. The van der Waals surface area contributed by atoms with Gasteiger partial charge in [-0.1, -0.05) is 0 Å². The predicted molar refractivity (Wildman–Crippen MR) is 16.2 cm³/mol. The summed E-state index contributed by atoms with van der Waals surface area (Å²) in [7, 11) is 0. The molecule has 0 atom stereocenters. The smallest absolute Gasteiger partial charge is 1.00 e. The Bertz CT molecular complexity index is 15.7. The van der Waals surface area contributed by atoms with E-state index in [0.29, 0.717) is 0 Å². The van der Waals surface area contributed by atoms with E-state index in [1.165, 1.54) is 0 Å². The van der Waals surface area contributed by atoms with E-state index in [0.717, 1.165) is 0 Å². The number of hydrogen-bond donors (Lipinski definition) is 0. The molecule has 0 aromatic rings. The van der Waals surface area contributed by atoms with Crippen molar-refractivity contribution in [3.8, 4) is 0 Å². The molecule has 0 aliphatic heterocycles. The van der Waals surface area contributed by atoms with Crippen LogP contribution in [0.3, 0.4) is 0 Å². The average molecular weight is 127 g/mol. The Balaban J connectivity index is 0. The van der Waals surface area contributed by atoms with Crippen LogP contribution in [0.1, 0.15) is 2.85 Å². The molecule has 0 radical (unpaired) electrons. The van der Waals surface area contributed by atoms with Crippen molar-refractivity contribution in [2.75, 3.05) is 0 Å². The first-order chi connectivity index (χ1) is 0. The molecule has 1 nitrogen and oxygen atoms in total. The first-order valence-electron chi connectivity index (χ1n) is 0. The van der Waals surface area contributed by atoms with Gasteiger partial charge in [0.2, 0.25) is 0 Å². The van der Waals surface area contributed by atoms with E-state index in [9.17, 15) is 0 Å². The van der Waals surface area contributed by atoms with E-state index < -0.39 is 0 Å². The van der Waals surface area contributed by atoms with Gasteiger partial charge in [0.1, 0.15) is 0 Å². The van der Waals surface area contributed by atoms with Crippen molar-refractivity contribution in [3.63, 3.8) is 0 Å². The topological polar surface area (TPSA) is 31.5 Å². The summed E-state index contributed by atoms with van der Waals surface area (Å²) in [6, 6.07) is 0. The minimum absolute atomic E-state index is 0. The Labute approximate surface area is 75.7 Å². The van der Waals surface area contributed by atoms with Gasteiger partial charge in [0.05, 0.1) is 0 Å². The molecule has 0 aromatic heterocycles. The second-order valence-corrected chi connectivity index (χ2v) is 0. The van der Waals surface area contributed by atoms with Gasteiger partial charge in [0, 0.05) is 16.5 Å². The molecule has 5 heteroatoms. The third kappa shape index (κ3) is 24.0. The monoisotopic (exact) mass is 126 g/mol. The fraction of sp³-hybridized carbons (Fsp3) is 0. The van der Waals surface area contributed by atoms with Crippen LogP contribution in [0, 0.1) is 0 Å². The molecular weight excluding hydrogens is 121 g/mol. The van der Waals surface area contributed by atoms with Crippen molar-refractivity contribution in [2.45, 2.75) is 0 Å². The molecule has 0 spiro atoms. The number of rotatable bonds is 0. The minimum atomic E-state index is 0. The van der Waals surface area contributed by atoms with Crippen molar-refractivity contribution in [3.05, 3.63) is 0 Å². The van der Waals surface area contributed by atoms with Crippen molar-refractivity contribution in [1.82, 2.24) is 0 Å². The minimum Gasteiger partial charge on any atom is -1.00 e. The molecular formula is H6Li2NiOS. The molecule has 0 bridgehead atoms. The summed E-state index contributed by atoms with van der Waals surface area (Å²) in [5.41, 5.74) is 0. The van der Waals surface area contributed by atoms with Gasteiger partial charge >= 0.3 is 37.7 Å². The van der Waals surface area contributed by atoms with Crippen LogP contribution < -0.4 is 37.7 Å². The van der Waals surface area contributed by atoms with Gasteiger partial charge in [-0.05, 0) is 0 Å². The zero-order chi connectivity index (χ0) is 0. The summed E-state index contributed by atoms with van der Waals surface area (Å²) in [5.74, 6) is 0. The maximum atomic E-state index is 0. The van der Waals surface area contributed by atoms with Crippen LogP contribution in [-0.4, -0.2) is 5.48 Å². The molecule has 0 saturated carbocycles. The summed E-state index contributed by atoms with van der Waals surface area (Å²) in [6.07, 6.45) is 0. The molecule has 0 aliphatic carbocycles. The fourth-order valence-corrected chi connectivity index (χ4v) is 0. The number of hydrogen-bond acceptors (Lipinski definition) is 0. The Morgan fingerprint density at radius 3 is 1.00 bits per heavy atom. The summed E-state index contributed by atoms with van der Waals surface area (Å²) >= 11 is 0. The van der Waals surface area contributed by atoms with Gasteiger partial charge in [-0.3, -0.25) is 0 Å². The largest absolute Gasteiger partial charge is 1.00 e. The van der Waals surface area contributed by atoms with E-state index in [-0.39, 0.29) is 76.0 Å². The Morgan fingerprint density at radius 1 is 1.00 bits per heavy atom. The van der Waals surface area contributed by atoms with Gasteiger partial charge in [-0.25, -0.2) is 0 Å². The molecule has 0 fully saturated rings. The SMILES string of the molecule is O.S.[H-].[H-].[Li+].[Li+].[Ni]. The summed E-state index contributed by atoms with van der Waals surface area (Å²) in [4.78, 5) is 0. The van der Waals surface area contributed by atoms with Gasteiger partial charge in [0.25, 0.3) is 0 Å². The van der Waals surface area contributed by atoms with Crippen LogP contribution in [0.4, 0.5) is 0 Å². The zero-order valence-corrected chi connectivity index (χ0v) is 5.30. The molecule has 2 N–H and O–H groups in total. The van der Waals surface area contributed by atoms with E-state index in [4.69, 9.17) is 0 Å². The second kappa shape index (κ2) is 37.5.